The van der Waals surface area contributed by atoms with Gasteiger partial charge in [-0.1, -0.05) is 6.92 Å². The zero-order chi connectivity index (χ0) is 8.36. The van der Waals surface area contributed by atoms with Crippen molar-refractivity contribution in [2.45, 2.75) is 31.9 Å². The van der Waals surface area contributed by atoms with Crippen LogP contribution < -0.4 is 5.73 Å². The van der Waals surface area contributed by atoms with Gasteiger partial charge in [0.05, 0.1) is 5.60 Å². The number of carboxylic acids is 1. The van der Waals surface area contributed by atoms with Gasteiger partial charge in [0, 0.05) is 0 Å². The molecule has 0 amide bonds. The molecule has 0 aromatic carbocycles. The van der Waals surface area contributed by atoms with Gasteiger partial charge in [-0.2, -0.15) is 0 Å². The predicted octanol–water partition coefficient (Wildman–Crippen LogP) is -0.441. The number of rotatable bonds is 3. The van der Waals surface area contributed by atoms with Crippen molar-refractivity contribution in [1.82, 2.24) is 0 Å². The van der Waals surface area contributed by atoms with E-state index in [1.807, 2.05) is 0 Å². The second-order valence-corrected chi connectivity index (χ2v) is 2.53. The van der Waals surface area contributed by atoms with Crippen LogP contribution in [-0.4, -0.2) is 27.8 Å². The van der Waals surface area contributed by atoms with Gasteiger partial charge in [-0.25, -0.2) is 0 Å². The second kappa shape index (κ2) is 2.98. The van der Waals surface area contributed by atoms with Gasteiger partial charge >= 0.3 is 5.97 Å². The lowest BCUT2D eigenvalue weighted by molar-refractivity contribution is -0.144. The summed E-state index contributed by atoms with van der Waals surface area (Å²) >= 11 is 0. The Bertz CT molecular complexity index is 133. The van der Waals surface area contributed by atoms with Gasteiger partial charge in [-0.15, -0.1) is 0 Å². The molecule has 10 heavy (non-hydrogen) atoms. The van der Waals surface area contributed by atoms with E-state index in [0.717, 1.165) is 0 Å². The van der Waals surface area contributed by atoms with E-state index in [9.17, 15) is 9.90 Å². The van der Waals surface area contributed by atoms with Gasteiger partial charge < -0.3 is 15.9 Å². The number of aliphatic carboxylic acids is 1. The molecular formula is C6H13NO3. The van der Waals surface area contributed by atoms with Crippen LogP contribution in [0.2, 0.25) is 0 Å². The Morgan fingerprint density at radius 2 is 2.20 bits per heavy atom. The Morgan fingerprint density at radius 1 is 1.80 bits per heavy atom. The zero-order valence-corrected chi connectivity index (χ0v) is 6.16. The van der Waals surface area contributed by atoms with Crippen LogP contribution in [0.5, 0.6) is 0 Å². The highest BCUT2D eigenvalue weighted by Gasteiger charge is 2.32. The summed E-state index contributed by atoms with van der Waals surface area (Å²) < 4.78 is 0. The van der Waals surface area contributed by atoms with Crippen LogP contribution in [-0.2, 0) is 4.79 Å². The number of carboxylic acid groups (broad SMARTS) is 1. The summed E-state index contributed by atoms with van der Waals surface area (Å²) in [6, 6.07) is -1.20. The summed E-state index contributed by atoms with van der Waals surface area (Å²) in [5, 5.41) is 17.6. The average molecular weight is 147 g/mol. The van der Waals surface area contributed by atoms with E-state index in [1.54, 1.807) is 6.92 Å². The first kappa shape index (κ1) is 9.39. The van der Waals surface area contributed by atoms with E-state index >= 15 is 0 Å². The number of aliphatic hydroxyl groups is 1. The first-order chi connectivity index (χ1) is 4.41. The SMILES string of the molecule is CC[C@](C)(O)[C@@H](N)C(=O)O. The van der Waals surface area contributed by atoms with Crippen LogP contribution >= 0.6 is 0 Å². The lowest BCUT2D eigenvalue weighted by atomic mass is 9.95. The maximum atomic E-state index is 10.2. The lowest BCUT2D eigenvalue weighted by Crippen LogP contribution is -2.50. The first-order valence-electron chi connectivity index (χ1n) is 3.12. The highest BCUT2D eigenvalue weighted by atomic mass is 16.4. The fourth-order valence-corrected chi connectivity index (χ4v) is 0.486. The molecule has 0 aliphatic rings. The van der Waals surface area contributed by atoms with Gasteiger partial charge in [0.1, 0.15) is 6.04 Å². The molecule has 0 spiro atoms. The van der Waals surface area contributed by atoms with Crippen molar-refractivity contribution in [3.8, 4) is 0 Å². The molecule has 4 nitrogen and oxygen atoms in total. The molecule has 0 bridgehead atoms. The Hall–Kier alpha value is -0.610. The van der Waals surface area contributed by atoms with Crippen molar-refractivity contribution < 1.29 is 15.0 Å². The molecule has 0 aliphatic carbocycles. The molecule has 60 valence electrons. The molecule has 0 unspecified atom stereocenters. The van der Waals surface area contributed by atoms with Gasteiger partial charge in [0.25, 0.3) is 0 Å². The van der Waals surface area contributed by atoms with E-state index in [1.165, 1.54) is 6.92 Å². The van der Waals surface area contributed by atoms with Crippen molar-refractivity contribution in [3.63, 3.8) is 0 Å². The van der Waals surface area contributed by atoms with Crippen molar-refractivity contribution in [3.05, 3.63) is 0 Å². The predicted molar refractivity (Wildman–Crippen MR) is 36.5 cm³/mol. The van der Waals surface area contributed by atoms with Crippen LogP contribution in [0, 0.1) is 0 Å². The molecule has 0 aromatic rings. The maximum absolute atomic E-state index is 10.2. The largest absolute Gasteiger partial charge is 0.480 e. The molecule has 0 rings (SSSR count). The third kappa shape index (κ3) is 1.97. The van der Waals surface area contributed by atoms with Crippen LogP contribution in [0.4, 0.5) is 0 Å². The normalized spacial score (nSPS) is 19.6. The van der Waals surface area contributed by atoms with Crippen molar-refractivity contribution in [2.75, 3.05) is 0 Å². The van der Waals surface area contributed by atoms with Gasteiger partial charge in [-0.05, 0) is 13.3 Å². The number of hydrogen-bond donors (Lipinski definition) is 3. The summed E-state index contributed by atoms with van der Waals surface area (Å²) in [6.45, 7) is 3.09. The van der Waals surface area contributed by atoms with Gasteiger partial charge in [0.2, 0.25) is 0 Å². The molecule has 0 heterocycles. The molecule has 0 radical (unpaired) electrons. The van der Waals surface area contributed by atoms with E-state index in [2.05, 4.69) is 0 Å². The quantitative estimate of drug-likeness (QED) is 0.505. The Morgan fingerprint density at radius 3 is 2.30 bits per heavy atom. The summed E-state index contributed by atoms with van der Waals surface area (Å²) in [7, 11) is 0. The summed E-state index contributed by atoms with van der Waals surface area (Å²) in [5.74, 6) is -1.17. The Balaban J connectivity index is 4.17. The van der Waals surface area contributed by atoms with E-state index < -0.39 is 17.6 Å². The average Bonchev–Trinajstić information content (AvgIpc) is 1.86. The fourth-order valence-electron chi connectivity index (χ4n) is 0.486. The van der Waals surface area contributed by atoms with Crippen LogP contribution in [0.3, 0.4) is 0 Å². The molecule has 4 N–H and O–H groups in total. The van der Waals surface area contributed by atoms with E-state index in [0.29, 0.717) is 6.42 Å². The minimum atomic E-state index is -1.30. The van der Waals surface area contributed by atoms with Crippen molar-refractivity contribution >= 4 is 5.97 Å². The summed E-state index contributed by atoms with van der Waals surface area (Å²) in [4.78, 5) is 10.2. The summed E-state index contributed by atoms with van der Waals surface area (Å²) in [6.07, 6.45) is 0.334. The van der Waals surface area contributed by atoms with Crippen molar-refractivity contribution in [2.24, 2.45) is 5.73 Å². The minimum Gasteiger partial charge on any atom is -0.480 e. The zero-order valence-electron chi connectivity index (χ0n) is 6.16. The van der Waals surface area contributed by atoms with Crippen LogP contribution in [0.1, 0.15) is 20.3 Å². The standard InChI is InChI=1S/C6H13NO3/c1-3-6(2,10)4(7)5(8)9/h4,10H,3,7H2,1-2H3,(H,8,9)/t4-,6-/m0/s1. The van der Waals surface area contributed by atoms with Crippen molar-refractivity contribution in [1.29, 1.82) is 0 Å². The van der Waals surface area contributed by atoms with Crippen LogP contribution in [0.25, 0.3) is 0 Å². The molecule has 4 heteroatoms. The highest BCUT2D eigenvalue weighted by Crippen LogP contribution is 2.11. The Kier molecular flexibility index (Phi) is 2.80. The third-order valence-electron chi connectivity index (χ3n) is 1.65. The number of hydrogen-bond acceptors (Lipinski definition) is 3. The maximum Gasteiger partial charge on any atom is 0.323 e. The number of carbonyl (C=O) groups is 1. The lowest BCUT2D eigenvalue weighted by Gasteiger charge is -2.24. The van der Waals surface area contributed by atoms with E-state index in [4.69, 9.17) is 10.8 Å². The molecule has 0 saturated heterocycles. The number of nitrogens with two attached hydrogens (primary N) is 1. The topological polar surface area (TPSA) is 83.5 Å². The minimum absolute atomic E-state index is 0.334. The van der Waals surface area contributed by atoms with Crippen LogP contribution in [0.15, 0.2) is 0 Å². The van der Waals surface area contributed by atoms with E-state index in [-0.39, 0.29) is 0 Å². The fraction of sp³-hybridized carbons (Fsp3) is 0.833. The summed E-state index contributed by atoms with van der Waals surface area (Å²) in [5.41, 5.74) is 3.86. The molecule has 2 atom stereocenters. The highest BCUT2D eigenvalue weighted by molar-refractivity contribution is 5.74. The first-order valence-corrected chi connectivity index (χ1v) is 3.12. The molecular weight excluding hydrogens is 134 g/mol. The molecule has 0 aromatic heterocycles. The molecule has 0 aliphatic heterocycles. The Labute approximate surface area is 59.7 Å². The molecule has 0 fully saturated rings. The smallest absolute Gasteiger partial charge is 0.323 e. The second-order valence-electron chi connectivity index (χ2n) is 2.53. The third-order valence-corrected chi connectivity index (χ3v) is 1.65. The molecule has 0 saturated carbocycles. The van der Waals surface area contributed by atoms with Gasteiger partial charge in [0.15, 0.2) is 0 Å². The van der Waals surface area contributed by atoms with Gasteiger partial charge in [-0.3, -0.25) is 4.79 Å². The monoisotopic (exact) mass is 147 g/mol.